The number of ether oxygens (including phenoxy) is 2. The van der Waals surface area contributed by atoms with Crippen LogP contribution in [-0.4, -0.2) is 66.7 Å². The van der Waals surface area contributed by atoms with Gasteiger partial charge in [-0.05, 0) is 43.4 Å². The Morgan fingerprint density at radius 3 is 2.59 bits per heavy atom. The summed E-state index contributed by atoms with van der Waals surface area (Å²) in [5.41, 5.74) is 1.18. The number of β-amino-alcohol motifs (C(OH)–C–C–N with tert-alkyl or cyclic N) is 1. The summed E-state index contributed by atoms with van der Waals surface area (Å²) >= 11 is 0. The molecule has 0 bridgehead atoms. The third-order valence-electron chi connectivity index (χ3n) is 5.64. The van der Waals surface area contributed by atoms with E-state index in [0.29, 0.717) is 24.1 Å². The van der Waals surface area contributed by atoms with Gasteiger partial charge in [0.05, 0.1) is 13.2 Å². The van der Waals surface area contributed by atoms with Gasteiger partial charge >= 0.3 is 0 Å². The fraction of sp³-hybridized carbons (Fsp3) is 0.714. The lowest BCUT2D eigenvalue weighted by atomic mass is 10.1. The summed E-state index contributed by atoms with van der Waals surface area (Å²) in [6, 6.07) is 6.63. The van der Waals surface area contributed by atoms with Gasteiger partial charge in [-0.25, -0.2) is 0 Å². The molecule has 0 unspecified atom stereocenters. The lowest BCUT2D eigenvalue weighted by Gasteiger charge is -2.30. The van der Waals surface area contributed by atoms with E-state index in [1.165, 1.54) is 31.2 Å². The minimum Gasteiger partial charge on any atom is -0.493 e. The average Bonchev–Trinajstić information content (AvgIpc) is 3.20. The van der Waals surface area contributed by atoms with E-state index in [9.17, 15) is 10.2 Å². The van der Waals surface area contributed by atoms with Crippen LogP contribution >= 0.6 is 0 Å². The van der Waals surface area contributed by atoms with Gasteiger partial charge in [-0.2, -0.15) is 0 Å². The van der Waals surface area contributed by atoms with E-state index in [4.69, 9.17) is 9.47 Å². The van der Waals surface area contributed by atoms with Crippen LogP contribution in [0.5, 0.6) is 11.5 Å². The van der Waals surface area contributed by atoms with Gasteiger partial charge in [0.2, 0.25) is 0 Å². The molecule has 3 rings (SSSR count). The number of rotatable bonds is 9. The van der Waals surface area contributed by atoms with E-state index in [1.807, 2.05) is 12.1 Å². The quantitative estimate of drug-likeness (QED) is 0.610. The van der Waals surface area contributed by atoms with Crippen molar-refractivity contribution in [2.45, 2.75) is 63.3 Å². The highest BCUT2D eigenvalue weighted by Crippen LogP contribution is 2.28. The van der Waals surface area contributed by atoms with E-state index < -0.39 is 6.10 Å². The van der Waals surface area contributed by atoms with Crippen LogP contribution in [0.4, 0.5) is 0 Å². The van der Waals surface area contributed by atoms with Gasteiger partial charge in [0.15, 0.2) is 11.5 Å². The van der Waals surface area contributed by atoms with E-state index in [-0.39, 0.29) is 12.7 Å². The molecule has 1 aliphatic carbocycles. The van der Waals surface area contributed by atoms with E-state index in [0.717, 1.165) is 32.5 Å². The van der Waals surface area contributed by atoms with E-state index in [2.05, 4.69) is 16.3 Å². The van der Waals surface area contributed by atoms with Crippen LogP contribution in [-0.2, 0) is 6.54 Å². The van der Waals surface area contributed by atoms with Gasteiger partial charge in [-0.15, -0.1) is 0 Å². The first-order valence-electron chi connectivity index (χ1n) is 10.3. The fourth-order valence-corrected chi connectivity index (χ4v) is 3.97. The standard InChI is InChI=1S/C21H34N2O4/c1-26-21-12-16(13-22-17-4-2-3-5-17)6-7-20(21)27-15-19(25)14-23-10-8-18(24)9-11-23/h6-7,12,17-19,22,24-25H,2-5,8-11,13-15H2,1H3/t19-/m1/s1. The summed E-state index contributed by atoms with van der Waals surface area (Å²) in [7, 11) is 1.64. The normalized spacial score (nSPS) is 20.7. The van der Waals surface area contributed by atoms with Crippen LogP contribution < -0.4 is 14.8 Å². The summed E-state index contributed by atoms with van der Waals surface area (Å²) in [5.74, 6) is 1.37. The number of nitrogens with one attached hydrogen (secondary N) is 1. The number of benzene rings is 1. The zero-order chi connectivity index (χ0) is 19.1. The second kappa shape index (κ2) is 10.3. The van der Waals surface area contributed by atoms with Crippen molar-refractivity contribution >= 4 is 0 Å². The number of nitrogens with zero attached hydrogens (tertiary/aromatic N) is 1. The number of aliphatic hydroxyl groups is 2. The third kappa shape index (κ3) is 6.35. The highest BCUT2D eigenvalue weighted by Gasteiger charge is 2.20. The Labute approximate surface area is 162 Å². The fourth-order valence-electron chi connectivity index (χ4n) is 3.97. The van der Waals surface area contributed by atoms with Crippen molar-refractivity contribution in [2.24, 2.45) is 0 Å². The third-order valence-corrected chi connectivity index (χ3v) is 5.64. The highest BCUT2D eigenvalue weighted by molar-refractivity contribution is 5.43. The minimum absolute atomic E-state index is 0.194. The Kier molecular flexibility index (Phi) is 7.76. The first-order chi connectivity index (χ1) is 13.1. The molecule has 6 heteroatoms. The summed E-state index contributed by atoms with van der Waals surface area (Å²) in [5, 5.41) is 23.4. The molecule has 0 spiro atoms. The molecular formula is C21H34N2O4. The van der Waals surface area contributed by atoms with Gasteiger partial charge in [0, 0.05) is 32.2 Å². The maximum absolute atomic E-state index is 10.3. The predicted molar refractivity (Wildman–Crippen MR) is 105 cm³/mol. The lowest BCUT2D eigenvalue weighted by molar-refractivity contribution is 0.0333. The molecule has 0 amide bonds. The van der Waals surface area contributed by atoms with Crippen LogP contribution in [0.2, 0.25) is 0 Å². The molecule has 152 valence electrons. The second-order valence-electron chi connectivity index (χ2n) is 7.84. The van der Waals surface area contributed by atoms with Crippen LogP contribution in [0, 0.1) is 0 Å². The van der Waals surface area contributed by atoms with Crippen LogP contribution in [0.25, 0.3) is 0 Å². The molecule has 3 N–H and O–H groups in total. The molecule has 1 saturated heterocycles. The summed E-state index contributed by atoms with van der Waals surface area (Å²) in [6.07, 6.45) is 5.99. The molecule has 6 nitrogen and oxygen atoms in total. The van der Waals surface area contributed by atoms with Crippen molar-refractivity contribution in [3.8, 4) is 11.5 Å². The van der Waals surface area contributed by atoms with Gasteiger partial charge in [-0.1, -0.05) is 18.9 Å². The molecule has 27 heavy (non-hydrogen) atoms. The number of piperidine rings is 1. The predicted octanol–water partition coefficient (Wildman–Crippen LogP) is 1.92. The van der Waals surface area contributed by atoms with Crippen molar-refractivity contribution < 1.29 is 19.7 Å². The summed E-state index contributed by atoms with van der Waals surface area (Å²) in [4.78, 5) is 2.18. The smallest absolute Gasteiger partial charge is 0.161 e. The van der Waals surface area contributed by atoms with Crippen LogP contribution in [0.1, 0.15) is 44.1 Å². The molecule has 1 atom stereocenters. The Morgan fingerprint density at radius 2 is 1.89 bits per heavy atom. The maximum Gasteiger partial charge on any atom is 0.161 e. The van der Waals surface area contributed by atoms with Crippen molar-refractivity contribution in [3.63, 3.8) is 0 Å². The van der Waals surface area contributed by atoms with E-state index >= 15 is 0 Å². The molecule has 2 aliphatic rings. The maximum atomic E-state index is 10.3. The molecule has 0 radical (unpaired) electrons. The molecule has 0 aromatic heterocycles. The molecule has 1 aromatic rings. The molecule has 1 heterocycles. The van der Waals surface area contributed by atoms with Crippen LogP contribution in [0.15, 0.2) is 18.2 Å². The van der Waals surface area contributed by atoms with Crippen LogP contribution in [0.3, 0.4) is 0 Å². The SMILES string of the molecule is COc1cc(CNC2CCCC2)ccc1OC[C@H](O)CN1CCC(O)CC1. The van der Waals surface area contributed by atoms with E-state index in [1.54, 1.807) is 7.11 Å². The molecule has 2 fully saturated rings. The number of hydrogen-bond donors (Lipinski definition) is 3. The topological polar surface area (TPSA) is 74.2 Å². The van der Waals surface area contributed by atoms with Gasteiger partial charge in [0.25, 0.3) is 0 Å². The average molecular weight is 379 g/mol. The number of methoxy groups -OCH3 is 1. The zero-order valence-electron chi connectivity index (χ0n) is 16.4. The second-order valence-corrected chi connectivity index (χ2v) is 7.84. The Morgan fingerprint density at radius 1 is 1.15 bits per heavy atom. The van der Waals surface area contributed by atoms with Crippen molar-refractivity contribution in [2.75, 3.05) is 33.4 Å². The van der Waals surface area contributed by atoms with Crippen molar-refractivity contribution in [1.82, 2.24) is 10.2 Å². The minimum atomic E-state index is -0.561. The molecular weight excluding hydrogens is 344 g/mol. The van der Waals surface area contributed by atoms with Crippen molar-refractivity contribution in [1.29, 1.82) is 0 Å². The summed E-state index contributed by atoms with van der Waals surface area (Å²) < 4.78 is 11.3. The molecule has 1 saturated carbocycles. The van der Waals surface area contributed by atoms with Gasteiger partial charge in [-0.3, -0.25) is 0 Å². The Hall–Kier alpha value is -1.34. The first-order valence-corrected chi connectivity index (χ1v) is 10.3. The first kappa shape index (κ1) is 20.4. The number of aliphatic hydroxyl groups excluding tert-OH is 2. The lowest BCUT2D eigenvalue weighted by Crippen LogP contribution is -2.41. The Bertz CT molecular complexity index is 569. The Balaban J connectivity index is 1.45. The largest absolute Gasteiger partial charge is 0.493 e. The number of hydrogen-bond acceptors (Lipinski definition) is 6. The summed E-state index contributed by atoms with van der Waals surface area (Å²) in [6.45, 7) is 3.28. The highest BCUT2D eigenvalue weighted by atomic mass is 16.5. The molecule has 1 aliphatic heterocycles. The molecule has 1 aromatic carbocycles. The zero-order valence-corrected chi connectivity index (χ0v) is 16.4. The monoisotopic (exact) mass is 378 g/mol. The van der Waals surface area contributed by atoms with Gasteiger partial charge < -0.3 is 29.9 Å². The van der Waals surface area contributed by atoms with Gasteiger partial charge in [0.1, 0.15) is 12.7 Å². The van der Waals surface area contributed by atoms with Crippen molar-refractivity contribution in [3.05, 3.63) is 23.8 Å². The number of likely N-dealkylation sites (tertiary alicyclic amines) is 1.